The predicted molar refractivity (Wildman–Crippen MR) is 103 cm³/mol. The molecule has 6 nitrogen and oxygen atoms in total. The molecule has 1 heterocycles. The molecule has 1 aromatic heterocycles. The lowest BCUT2D eigenvalue weighted by Gasteiger charge is -2.07. The Hall–Kier alpha value is -2.45. The van der Waals surface area contributed by atoms with Crippen LogP contribution in [0.5, 0.6) is 11.5 Å². The van der Waals surface area contributed by atoms with Gasteiger partial charge < -0.3 is 9.84 Å². The summed E-state index contributed by atoms with van der Waals surface area (Å²) in [7, 11) is 0. The number of nitrogens with one attached hydrogen (secondary N) is 1. The van der Waals surface area contributed by atoms with Gasteiger partial charge in [0.15, 0.2) is 17.3 Å². The van der Waals surface area contributed by atoms with E-state index in [0.29, 0.717) is 28.5 Å². The molecule has 0 saturated heterocycles. The fraction of sp³-hybridized carbons (Fsp3) is 0.118. The van der Waals surface area contributed by atoms with Crippen LogP contribution in [0, 0.1) is 4.77 Å². The minimum Gasteiger partial charge on any atom is -0.504 e. The summed E-state index contributed by atoms with van der Waals surface area (Å²) in [5.41, 5.74) is 1.37. The Kier molecular flexibility index (Phi) is 5.30. The summed E-state index contributed by atoms with van der Waals surface area (Å²) in [5.74, 6) is 1.01. The largest absolute Gasteiger partial charge is 0.504 e. The summed E-state index contributed by atoms with van der Waals surface area (Å²) in [4.78, 5) is 0. The molecule has 25 heavy (non-hydrogen) atoms. The molecule has 128 valence electrons. The number of hydrogen-bond donors (Lipinski definition) is 2. The number of aromatic amines is 1. The minimum atomic E-state index is 0.0329. The lowest BCUT2D eigenvalue weighted by atomic mass is 10.2. The highest BCUT2D eigenvalue weighted by atomic mass is 79.9. The first kappa shape index (κ1) is 17.4. The van der Waals surface area contributed by atoms with Gasteiger partial charge in [-0.15, -0.1) is 0 Å². The van der Waals surface area contributed by atoms with Crippen molar-refractivity contribution < 1.29 is 9.84 Å². The second-order valence-electron chi connectivity index (χ2n) is 5.02. The summed E-state index contributed by atoms with van der Waals surface area (Å²) in [6, 6.07) is 12.9. The summed E-state index contributed by atoms with van der Waals surface area (Å²) < 4.78 is 8.11. The van der Waals surface area contributed by atoms with E-state index in [2.05, 4.69) is 31.2 Å². The van der Waals surface area contributed by atoms with Crippen LogP contribution in [-0.4, -0.2) is 32.8 Å². The number of phenolic OH excluding ortho intramolecular Hbond substituents is 1. The van der Waals surface area contributed by atoms with Crippen molar-refractivity contribution in [3.8, 4) is 22.9 Å². The number of rotatable bonds is 5. The van der Waals surface area contributed by atoms with Crippen LogP contribution in [0.3, 0.4) is 0 Å². The lowest BCUT2D eigenvalue weighted by molar-refractivity contribution is 0.318. The van der Waals surface area contributed by atoms with Crippen LogP contribution in [0.4, 0.5) is 0 Å². The molecule has 0 atom stereocenters. The summed E-state index contributed by atoms with van der Waals surface area (Å²) in [5, 5.41) is 21.6. The molecule has 0 amide bonds. The van der Waals surface area contributed by atoms with Gasteiger partial charge in [0.25, 0.3) is 0 Å². The first-order valence-electron chi connectivity index (χ1n) is 7.53. The number of phenols is 1. The van der Waals surface area contributed by atoms with Crippen molar-refractivity contribution in [2.75, 3.05) is 6.61 Å². The molecular weight excluding hydrogens is 404 g/mol. The molecule has 0 unspecified atom stereocenters. The van der Waals surface area contributed by atoms with E-state index >= 15 is 0 Å². The zero-order chi connectivity index (χ0) is 17.8. The van der Waals surface area contributed by atoms with Crippen LogP contribution >= 0.6 is 28.1 Å². The van der Waals surface area contributed by atoms with Crippen LogP contribution in [0.1, 0.15) is 12.5 Å². The summed E-state index contributed by atoms with van der Waals surface area (Å²) in [6.45, 7) is 2.32. The van der Waals surface area contributed by atoms with Gasteiger partial charge in [0.1, 0.15) is 0 Å². The number of hydrogen-bond acceptors (Lipinski definition) is 5. The zero-order valence-corrected chi connectivity index (χ0v) is 15.7. The molecule has 0 radical (unpaired) electrons. The molecular formula is C17H15BrN4O2S. The standard InChI is InChI=1S/C17H15BrN4O2S/c1-2-24-14-9-5-6-11(15(14)23)10-19-22-16(20-21-17(22)25)12-7-3-4-8-13(12)18/h3-10,23H,2H2,1H3,(H,21,25)/b19-10-. The Morgan fingerprint density at radius 2 is 2.12 bits per heavy atom. The molecule has 3 rings (SSSR count). The molecule has 2 aromatic carbocycles. The smallest absolute Gasteiger partial charge is 0.216 e. The van der Waals surface area contributed by atoms with Gasteiger partial charge in [-0.1, -0.05) is 34.1 Å². The van der Waals surface area contributed by atoms with E-state index in [1.807, 2.05) is 31.2 Å². The third kappa shape index (κ3) is 3.64. The zero-order valence-electron chi connectivity index (χ0n) is 13.3. The highest BCUT2D eigenvalue weighted by Crippen LogP contribution is 2.29. The van der Waals surface area contributed by atoms with Crippen molar-refractivity contribution in [1.29, 1.82) is 0 Å². The van der Waals surface area contributed by atoms with E-state index in [0.717, 1.165) is 10.0 Å². The van der Waals surface area contributed by atoms with Crippen molar-refractivity contribution in [3.63, 3.8) is 0 Å². The highest BCUT2D eigenvalue weighted by molar-refractivity contribution is 9.10. The quantitative estimate of drug-likeness (QED) is 0.476. The second-order valence-corrected chi connectivity index (χ2v) is 6.26. The first-order valence-corrected chi connectivity index (χ1v) is 8.73. The number of aromatic nitrogens is 3. The van der Waals surface area contributed by atoms with E-state index in [1.54, 1.807) is 18.2 Å². The van der Waals surface area contributed by atoms with Crippen LogP contribution < -0.4 is 4.74 Å². The van der Waals surface area contributed by atoms with Gasteiger partial charge in [0, 0.05) is 15.6 Å². The predicted octanol–water partition coefficient (Wildman–Crippen LogP) is 4.36. The molecule has 0 aliphatic heterocycles. The fourth-order valence-corrected chi connectivity index (χ4v) is 2.89. The van der Waals surface area contributed by atoms with Gasteiger partial charge in [-0.25, -0.2) is 5.10 Å². The Morgan fingerprint density at radius 1 is 1.32 bits per heavy atom. The maximum Gasteiger partial charge on any atom is 0.216 e. The molecule has 0 aliphatic carbocycles. The Bertz CT molecular complexity index is 981. The van der Waals surface area contributed by atoms with Gasteiger partial charge in [-0.2, -0.15) is 14.9 Å². The van der Waals surface area contributed by atoms with E-state index < -0.39 is 0 Å². The normalized spacial score (nSPS) is 11.1. The van der Waals surface area contributed by atoms with Crippen molar-refractivity contribution in [2.45, 2.75) is 6.92 Å². The Balaban J connectivity index is 2.01. The first-order chi connectivity index (χ1) is 12.1. The molecule has 8 heteroatoms. The number of nitrogens with zero attached hydrogens (tertiary/aromatic N) is 3. The van der Waals surface area contributed by atoms with Crippen molar-refractivity contribution in [3.05, 3.63) is 57.3 Å². The number of halogens is 1. The molecule has 2 N–H and O–H groups in total. The number of ether oxygens (including phenoxy) is 1. The third-order valence-electron chi connectivity index (χ3n) is 3.41. The van der Waals surface area contributed by atoms with Gasteiger partial charge in [-0.05, 0) is 43.4 Å². The average Bonchev–Trinajstić information content (AvgIpc) is 2.97. The number of H-pyrrole nitrogens is 1. The molecule has 0 aliphatic rings. The molecule has 0 fully saturated rings. The van der Waals surface area contributed by atoms with E-state index in [1.165, 1.54) is 10.9 Å². The fourth-order valence-electron chi connectivity index (χ4n) is 2.25. The van der Waals surface area contributed by atoms with Crippen LogP contribution in [0.25, 0.3) is 11.4 Å². The van der Waals surface area contributed by atoms with Crippen molar-refractivity contribution >= 4 is 34.4 Å². The maximum absolute atomic E-state index is 10.3. The SMILES string of the molecule is CCOc1cccc(/C=N\n2c(-c3ccccc3Br)n[nH]c2=S)c1O. The Labute approximate surface area is 157 Å². The van der Waals surface area contributed by atoms with Crippen LogP contribution in [0.2, 0.25) is 0 Å². The van der Waals surface area contributed by atoms with E-state index in [9.17, 15) is 5.11 Å². The summed E-state index contributed by atoms with van der Waals surface area (Å²) >= 11 is 8.76. The molecule has 3 aromatic rings. The average molecular weight is 419 g/mol. The van der Waals surface area contributed by atoms with Gasteiger partial charge in [0.05, 0.1) is 12.8 Å². The van der Waals surface area contributed by atoms with Crippen molar-refractivity contribution in [1.82, 2.24) is 14.9 Å². The third-order valence-corrected chi connectivity index (χ3v) is 4.36. The van der Waals surface area contributed by atoms with Crippen LogP contribution in [0.15, 0.2) is 52.0 Å². The minimum absolute atomic E-state index is 0.0329. The molecule has 0 saturated carbocycles. The topological polar surface area (TPSA) is 75.4 Å². The number of para-hydroxylation sites is 1. The number of aromatic hydroxyl groups is 1. The second kappa shape index (κ2) is 7.62. The van der Waals surface area contributed by atoms with Crippen molar-refractivity contribution in [2.24, 2.45) is 5.10 Å². The number of benzene rings is 2. The van der Waals surface area contributed by atoms with Gasteiger partial charge in [-0.3, -0.25) is 0 Å². The van der Waals surface area contributed by atoms with Gasteiger partial charge >= 0.3 is 0 Å². The Morgan fingerprint density at radius 3 is 2.88 bits per heavy atom. The highest BCUT2D eigenvalue weighted by Gasteiger charge is 2.11. The maximum atomic E-state index is 10.3. The van der Waals surface area contributed by atoms with E-state index in [-0.39, 0.29) is 5.75 Å². The van der Waals surface area contributed by atoms with Crippen LogP contribution in [-0.2, 0) is 0 Å². The molecule has 0 bridgehead atoms. The lowest BCUT2D eigenvalue weighted by Crippen LogP contribution is -1.97. The van der Waals surface area contributed by atoms with Gasteiger partial charge in [0.2, 0.25) is 4.77 Å². The monoisotopic (exact) mass is 418 g/mol. The molecule has 0 spiro atoms. The summed E-state index contributed by atoms with van der Waals surface area (Å²) in [6.07, 6.45) is 1.52. The van der Waals surface area contributed by atoms with E-state index in [4.69, 9.17) is 17.0 Å².